The normalized spacial score (nSPS) is 22.5. The largest absolute Gasteiger partial charge is 0.319 e. The number of hydrogen-bond acceptors (Lipinski definition) is 1. The summed E-state index contributed by atoms with van der Waals surface area (Å²) in [5.41, 5.74) is 0. The summed E-state index contributed by atoms with van der Waals surface area (Å²) in [6.45, 7) is 1.24. The van der Waals surface area contributed by atoms with Gasteiger partial charge in [-0.15, -0.1) is 0 Å². The SMILES string of the molecule is CNCC1CCCCCC1. The van der Waals surface area contributed by atoms with Gasteiger partial charge < -0.3 is 5.32 Å². The molecule has 0 unspecified atom stereocenters. The summed E-state index contributed by atoms with van der Waals surface area (Å²) >= 11 is 0. The summed E-state index contributed by atoms with van der Waals surface area (Å²) in [4.78, 5) is 0. The Morgan fingerprint density at radius 3 is 2.20 bits per heavy atom. The summed E-state index contributed by atoms with van der Waals surface area (Å²) in [7, 11) is 2.06. The van der Waals surface area contributed by atoms with Crippen molar-refractivity contribution in [3.05, 3.63) is 0 Å². The minimum absolute atomic E-state index is 0.979. The fourth-order valence-corrected chi connectivity index (χ4v) is 1.86. The molecule has 1 saturated carbocycles. The Hall–Kier alpha value is -0.0400. The third kappa shape index (κ3) is 2.70. The van der Waals surface area contributed by atoms with E-state index in [0.29, 0.717) is 0 Å². The number of rotatable bonds is 2. The standard InChI is InChI=1S/C9H19N/c1-10-8-9-6-4-2-3-5-7-9/h9-10H,2-8H2,1H3. The molecule has 1 aliphatic carbocycles. The Bertz CT molecular complexity index is 72.8. The Balaban J connectivity index is 2.15. The molecule has 0 bridgehead atoms. The first-order chi connectivity index (χ1) is 4.93. The fraction of sp³-hybridized carbons (Fsp3) is 1.00. The molecule has 1 N–H and O–H groups in total. The van der Waals surface area contributed by atoms with Crippen LogP contribution in [0.1, 0.15) is 38.5 Å². The predicted octanol–water partition coefficient (Wildman–Crippen LogP) is 2.18. The van der Waals surface area contributed by atoms with Gasteiger partial charge in [0.15, 0.2) is 0 Å². The van der Waals surface area contributed by atoms with Crippen molar-refractivity contribution in [1.82, 2.24) is 5.32 Å². The molecule has 10 heavy (non-hydrogen) atoms. The third-order valence-electron chi connectivity index (χ3n) is 2.47. The molecule has 0 aromatic rings. The molecule has 0 spiro atoms. The zero-order valence-electron chi connectivity index (χ0n) is 7.03. The molecule has 1 nitrogen and oxygen atoms in total. The quantitative estimate of drug-likeness (QED) is 0.581. The first-order valence-corrected chi connectivity index (χ1v) is 4.58. The number of hydrogen-bond donors (Lipinski definition) is 1. The first kappa shape index (κ1) is 8.06. The third-order valence-corrected chi connectivity index (χ3v) is 2.47. The molecule has 0 aromatic heterocycles. The van der Waals surface area contributed by atoms with E-state index < -0.39 is 0 Å². The highest BCUT2D eigenvalue weighted by Crippen LogP contribution is 2.21. The van der Waals surface area contributed by atoms with Gasteiger partial charge in [-0.3, -0.25) is 0 Å². The van der Waals surface area contributed by atoms with Crippen molar-refractivity contribution in [1.29, 1.82) is 0 Å². The van der Waals surface area contributed by atoms with Gasteiger partial charge in [-0.25, -0.2) is 0 Å². The van der Waals surface area contributed by atoms with E-state index in [4.69, 9.17) is 0 Å². The molecule has 1 heteroatoms. The van der Waals surface area contributed by atoms with Gasteiger partial charge in [0, 0.05) is 0 Å². The van der Waals surface area contributed by atoms with Crippen LogP contribution in [0.2, 0.25) is 0 Å². The Morgan fingerprint density at radius 2 is 1.70 bits per heavy atom. The minimum Gasteiger partial charge on any atom is -0.319 e. The summed E-state index contributed by atoms with van der Waals surface area (Å²) in [5.74, 6) is 0.979. The van der Waals surface area contributed by atoms with Gasteiger partial charge in [-0.2, -0.15) is 0 Å². The zero-order chi connectivity index (χ0) is 7.23. The van der Waals surface area contributed by atoms with Gasteiger partial charge in [0.25, 0.3) is 0 Å². The molecule has 0 aliphatic heterocycles. The monoisotopic (exact) mass is 141 g/mol. The van der Waals surface area contributed by atoms with Crippen molar-refractivity contribution in [2.75, 3.05) is 13.6 Å². The van der Waals surface area contributed by atoms with Crippen LogP contribution in [-0.4, -0.2) is 13.6 Å². The van der Waals surface area contributed by atoms with Crippen molar-refractivity contribution in [3.63, 3.8) is 0 Å². The summed E-state index contributed by atoms with van der Waals surface area (Å²) in [5, 5.41) is 3.27. The van der Waals surface area contributed by atoms with Crippen molar-refractivity contribution in [2.45, 2.75) is 38.5 Å². The second kappa shape index (κ2) is 4.73. The van der Waals surface area contributed by atoms with Crippen molar-refractivity contribution in [2.24, 2.45) is 5.92 Å². The molecule has 1 fully saturated rings. The second-order valence-corrected chi connectivity index (χ2v) is 3.42. The predicted molar refractivity (Wildman–Crippen MR) is 45.1 cm³/mol. The van der Waals surface area contributed by atoms with Crippen LogP contribution in [-0.2, 0) is 0 Å². The van der Waals surface area contributed by atoms with Gasteiger partial charge in [0.1, 0.15) is 0 Å². The highest BCUT2D eigenvalue weighted by Gasteiger charge is 2.09. The van der Waals surface area contributed by atoms with E-state index in [1.54, 1.807) is 0 Å². The van der Waals surface area contributed by atoms with Crippen LogP contribution in [0.3, 0.4) is 0 Å². The lowest BCUT2D eigenvalue weighted by Gasteiger charge is -2.11. The van der Waals surface area contributed by atoms with Crippen LogP contribution in [0, 0.1) is 5.92 Å². The molecule has 1 rings (SSSR count). The molecular formula is C9H19N. The van der Waals surface area contributed by atoms with E-state index in [9.17, 15) is 0 Å². The van der Waals surface area contributed by atoms with E-state index in [1.807, 2.05) is 0 Å². The maximum atomic E-state index is 3.27. The van der Waals surface area contributed by atoms with E-state index in [-0.39, 0.29) is 0 Å². The maximum Gasteiger partial charge on any atom is -0.00235 e. The van der Waals surface area contributed by atoms with Gasteiger partial charge in [-0.1, -0.05) is 25.7 Å². The zero-order valence-corrected chi connectivity index (χ0v) is 7.03. The van der Waals surface area contributed by atoms with Crippen LogP contribution in [0.15, 0.2) is 0 Å². The van der Waals surface area contributed by atoms with Gasteiger partial charge in [-0.05, 0) is 32.4 Å². The molecule has 0 amide bonds. The molecule has 0 heterocycles. The molecular weight excluding hydrogens is 122 g/mol. The molecule has 0 atom stereocenters. The molecule has 60 valence electrons. The summed E-state index contributed by atoms with van der Waals surface area (Å²) in [6.07, 6.45) is 8.79. The molecule has 1 aliphatic rings. The van der Waals surface area contributed by atoms with Crippen LogP contribution >= 0.6 is 0 Å². The van der Waals surface area contributed by atoms with Gasteiger partial charge in [0.05, 0.1) is 0 Å². The lowest BCUT2D eigenvalue weighted by molar-refractivity contribution is 0.441. The van der Waals surface area contributed by atoms with Gasteiger partial charge >= 0.3 is 0 Å². The summed E-state index contributed by atoms with van der Waals surface area (Å²) < 4.78 is 0. The second-order valence-electron chi connectivity index (χ2n) is 3.42. The Kier molecular flexibility index (Phi) is 3.81. The van der Waals surface area contributed by atoms with Crippen LogP contribution < -0.4 is 5.32 Å². The average molecular weight is 141 g/mol. The first-order valence-electron chi connectivity index (χ1n) is 4.58. The smallest absolute Gasteiger partial charge is 0.00235 e. The number of nitrogens with one attached hydrogen (secondary N) is 1. The highest BCUT2D eigenvalue weighted by molar-refractivity contribution is 4.65. The molecule has 0 saturated heterocycles. The van der Waals surface area contributed by atoms with Crippen LogP contribution in [0.5, 0.6) is 0 Å². The lowest BCUT2D eigenvalue weighted by atomic mass is 10.0. The van der Waals surface area contributed by atoms with Crippen LogP contribution in [0.25, 0.3) is 0 Å². The molecule has 0 aromatic carbocycles. The van der Waals surface area contributed by atoms with Crippen molar-refractivity contribution >= 4 is 0 Å². The van der Waals surface area contributed by atoms with Crippen molar-refractivity contribution < 1.29 is 0 Å². The topological polar surface area (TPSA) is 12.0 Å². The van der Waals surface area contributed by atoms with Gasteiger partial charge in [0.2, 0.25) is 0 Å². The Morgan fingerprint density at radius 1 is 1.10 bits per heavy atom. The fourth-order valence-electron chi connectivity index (χ4n) is 1.86. The van der Waals surface area contributed by atoms with E-state index in [0.717, 1.165) is 5.92 Å². The lowest BCUT2D eigenvalue weighted by Crippen LogP contribution is -2.17. The highest BCUT2D eigenvalue weighted by atomic mass is 14.8. The minimum atomic E-state index is 0.979. The maximum absolute atomic E-state index is 3.27. The average Bonchev–Trinajstić information content (AvgIpc) is 2.17. The van der Waals surface area contributed by atoms with E-state index >= 15 is 0 Å². The van der Waals surface area contributed by atoms with E-state index in [2.05, 4.69) is 12.4 Å². The summed E-state index contributed by atoms with van der Waals surface area (Å²) in [6, 6.07) is 0. The van der Waals surface area contributed by atoms with Crippen molar-refractivity contribution in [3.8, 4) is 0 Å². The Labute approximate surface area is 64.2 Å². The van der Waals surface area contributed by atoms with E-state index in [1.165, 1.54) is 45.1 Å². The van der Waals surface area contributed by atoms with Crippen LogP contribution in [0.4, 0.5) is 0 Å². The molecule has 0 radical (unpaired) electrons.